The van der Waals surface area contributed by atoms with Crippen molar-refractivity contribution >= 4 is 5.91 Å². The van der Waals surface area contributed by atoms with E-state index in [1.807, 2.05) is 42.5 Å². The van der Waals surface area contributed by atoms with E-state index in [1.54, 1.807) is 31.6 Å². The Hall–Kier alpha value is -3.08. The molecule has 1 unspecified atom stereocenters. The zero-order valence-electron chi connectivity index (χ0n) is 12.7. The largest absolute Gasteiger partial charge is 0.496 e. The van der Waals surface area contributed by atoms with Crippen molar-refractivity contribution in [2.45, 2.75) is 6.04 Å². The van der Waals surface area contributed by atoms with Crippen molar-refractivity contribution in [3.8, 4) is 5.75 Å². The van der Waals surface area contributed by atoms with Crippen LogP contribution in [0.15, 0.2) is 67.0 Å². The van der Waals surface area contributed by atoms with Gasteiger partial charge in [0.2, 0.25) is 0 Å². The number of ether oxygens (including phenoxy) is 1. The number of para-hydroxylation sites is 1. The van der Waals surface area contributed by atoms with Crippen LogP contribution in [0.5, 0.6) is 5.75 Å². The summed E-state index contributed by atoms with van der Waals surface area (Å²) in [5.41, 5.74) is 2.10. The van der Waals surface area contributed by atoms with Crippen LogP contribution in [0.1, 0.15) is 27.8 Å². The molecule has 2 N–H and O–H groups in total. The van der Waals surface area contributed by atoms with E-state index < -0.39 is 6.04 Å². The van der Waals surface area contributed by atoms with E-state index in [4.69, 9.17) is 4.74 Å². The molecule has 116 valence electrons. The molecule has 5 heteroatoms. The molecule has 0 aliphatic rings. The molecule has 1 amide bonds. The van der Waals surface area contributed by atoms with Gasteiger partial charge < -0.3 is 15.0 Å². The first-order chi connectivity index (χ1) is 11.3. The second kappa shape index (κ2) is 6.79. The van der Waals surface area contributed by atoms with Gasteiger partial charge in [0.15, 0.2) is 0 Å². The van der Waals surface area contributed by atoms with Gasteiger partial charge in [0, 0.05) is 18.0 Å². The van der Waals surface area contributed by atoms with Gasteiger partial charge in [-0.15, -0.1) is 0 Å². The third-order valence-electron chi connectivity index (χ3n) is 3.55. The topological polar surface area (TPSA) is 67.0 Å². The molecule has 2 aromatic heterocycles. The van der Waals surface area contributed by atoms with Crippen molar-refractivity contribution in [3.05, 3.63) is 83.9 Å². The molecule has 5 nitrogen and oxygen atoms in total. The number of hydrogen-bond donors (Lipinski definition) is 2. The highest BCUT2D eigenvalue weighted by Gasteiger charge is 2.22. The first kappa shape index (κ1) is 14.8. The van der Waals surface area contributed by atoms with Crippen molar-refractivity contribution < 1.29 is 9.53 Å². The van der Waals surface area contributed by atoms with Crippen LogP contribution in [0.2, 0.25) is 0 Å². The minimum atomic E-state index is -0.400. The zero-order chi connectivity index (χ0) is 16.1. The summed E-state index contributed by atoms with van der Waals surface area (Å²) < 4.78 is 5.43. The maximum atomic E-state index is 12.5. The number of hydrogen-bond acceptors (Lipinski definition) is 3. The van der Waals surface area contributed by atoms with Crippen LogP contribution in [0.25, 0.3) is 0 Å². The summed E-state index contributed by atoms with van der Waals surface area (Å²) in [6, 6.07) is 16.3. The van der Waals surface area contributed by atoms with Crippen molar-refractivity contribution in [3.63, 3.8) is 0 Å². The first-order valence-electron chi connectivity index (χ1n) is 7.27. The Balaban J connectivity index is 1.99. The number of pyridine rings is 1. The summed E-state index contributed by atoms with van der Waals surface area (Å²) in [6.45, 7) is 0. The molecule has 0 aliphatic heterocycles. The average Bonchev–Trinajstić information content (AvgIpc) is 3.15. The van der Waals surface area contributed by atoms with Crippen LogP contribution in [-0.2, 0) is 0 Å². The Morgan fingerprint density at radius 3 is 2.65 bits per heavy atom. The van der Waals surface area contributed by atoms with Gasteiger partial charge in [0.1, 0.15) is 17.5 Å². The van der Waals surface area contributed by atoms with E-state index >= 15 is 0 Å². The summed E-state index contributed by atoms with van der Waals surface area (Å²) in [4.78, 5) is 19.7. The van der Waals surface area contributed by atoms with Gasteiger partial charge in [-0.05, 0) is 30.3 Å². The van der Waals surface area contributed by atoms with Gasteiger partial charge in [0.25, 0.3) is 5.91 Å². The molecule has 0 spiro atoms. The lowest BCUT2D eigenvalue weighted by molar-refractivity contribution is 0.0937. The lowest BCUT2D eigenvalue weighted by Gasteiger charge is -2.20. The van der Waals surface area contributed by atoms with Gasteiger partial charge in [-0.25, -0.2) is 0 Å². The molecule has 0 radical (unpaired) electrons. The standard InChI is InChI=1S/C18H17N3O2/c1-23-16-10-3-2-7-13(16)17(14-8-4-5-11-19-14)21-18(22)15-9-6-12-20-15/h2-12,17,20H,1H3,(H,21,22). The molecule has 23 heavy (non-hydrogen) atoms. The SMILES string of the molecule is COc1ccccc1C(NC(=O)c1ccc[nH]1)c1ccccn1. The summed E-state index contributed by atoms with van der Waals surface area (Å²) in [5, 5.41) is 3.01. The van der Waals surface area contributed by atoms with Gasteiger partial charge in [-0.3, -0.25) is 9.78 Å². The number of H-pyrrole nitrogens is 1. The third kappa shape index (κ3) is 3.23. The second-order valence-electron chi connectivity index (χ2n) is 4.99. The molecule has 0 bridgehead atoms. The number of aromatic nitrogens is 2. The Morgan fingerprint density at radius 2 is 1.96 bits per heavy atom. The fourth-order valence-corrected chi connectivity index (χ4v) is 2.44. The number of aromatic amines is 1. The Bertz CT molecular complexity index is 770. The molecule has 1 atom stereocenters. The summed E-state index contributed by atoms with van der Waals surface area (Å²) in [6.07, 6.45) is 3.42. The number of rotatable bonds is 5. The van der Waals surface area contributed by atoms with Crippen molar-refractivity contribution in [1.29, 1.82) is 0 Å². The minimum absolute atomic E-state index is 0.198. The minimum Gasteiger partial charge on any atom is -0.496 e. The highest BCUT2D eigenvalue weighted by Crippen LogP contribution is 2.29. The molecule has 2 heterocycles. The lowest BCUT2D eigenvalue weighted by Crippen LogP contribution is -2.30. The summed E-state index contributed by atoms with van der Waals surface area (Å²) in [5.74, 6) is 0.506. The van der Waals surface area contributed by atoms with Gasteiger partial charge in [0.05, 0.1) is 12.8 Å². The zero-order valence-corrected chi connectivity index (χ0v) is 12.7. The van der Waals surface area contributed by atoms with Crippen molar-refractivity contribution in [2.24, 2.45) is 0 Å². The highest BCUT2D eigenvalue weighted by atomic mass is 16.5. The molecular formula is C18H17N3O2. The predicted molar refractivity (Wildman–Crippen MR) is 87.3 cm³/mol. The van der Waals surface area contributed by atoms with E-state index in [1.165, 1.54) is 0 Å². The van der Waals surface area contributed by atoms with Crippen molar-refractivity contribution in [1.82, 2.24) is 15.3 Å². The van der Waals surface area contributed by atoms with Crippen LogP contribution in [0.4, 0.5) is 0 Å². The molecular weight excluding hydrogens is 290 g/mol. The van der Waals surface area contributed by atoms with E-state index in [0.717, 1.165) is 11.3 Å². The number of carbonyl (C=O) groups is 1. The predicted octanol–water partition coefficient (Wildman–Crippen LogP) is 2.94. The fraction of sp³-hybridized carbons (Fsp3) is 0.111. The Labute approximate surface area is 134 Å². The van der Waals surface area contributed by atoms with E-state index in [9.17, 15) is 4.79 Å². The normalized spacial score (nSPS) is 11.7. The van der Waals surface area contributed by atoms with E-state index in [2.05, 4.69) is 15.3 Å². The van der Waals surface area contributed by atoms with Crippen molar-refractivity contribution in [2.75, 3.05) is 7.11 Å². The average molecular weight is 307 g/mol. The van der Waals surface area contributed by atoms with Gasteiger partial charge in [-0.2, -0.15) is 0 Å². The van der Waals surface area contributed by atoms with Crippen LogP contribution >= 0.6 is 0 Å². The molecule has 0 saturated heterocycles. The lowest BCUT2D eigenvalue weighted by atomic mass is 10.0. The number of methoxy groups -OCH3 is 1. The van der Waals surface area contributed by atoms with Crippen LogP contribution in [0, 0.1) is 0 Å². The van der Waals surface area contributed by atoms with Crippen LogP contribution < -0.4 is 10.1 Å². The fourth-order valence-electron chi connectivity index (χ4n) is 2.44. The molecule has 3 rings (SSSR count). The number of nitrogens with one attached hydrogen (secondary N) is 2. The van der Waals surface area contributed by atoms with Crippen LogP contribution in [-0.4, -0.2) is 23.0 Å². The Kier molecular flexibility index (Phi) is 4.38. The first-order valence-corrected chi connectivity index (χ1v) is 7.27. The van der Waals surface area contributed by atoms with E-state index in [-0.39, 0.29) is 5.91 Å². The van der Waals surface area contributed by atoms with Gasteiger partial charge in [-0.1, -0.05) is 24.3 Å². The third-order valence-corrected chi connectivity index (χ3v) is 3.55. The maximum absolute atomic E-state index is 12.5. The number of amides is 1. The molecule has 0 aliphatic carbocycles. The molecule has 0 fully saturated rings. The number of carbonyl (C=O) groups excluding carboxylic acids is 1. The monoisotopic (exact) mass is 307 g/mol. The summed E-state index contributed by atoms with van der Waals surface area (Å²) in [7, 11) is 1.61. The number of nitrogens with zero attached hydrogens (tertiary/aromatic N) is 1. The smallest absolute Gasteiger partial charge is 0.268 e. The molecule has 0 saturated carbocycles. The van der Waals surface area contributed by atoms with Crippen LogP contribution in [0.3, 0.4) is 0 Å². The summed E-state index contributed by atoms with van der Waals surface area (Å²) >= 11 is 0. The maximum Gasteiger partial charge on any atom is 0.268 e. The van der Waals surface area contributed by atoms with Gasteiger partial charge >= 0.3 is 0 Å². The van der Waals surface area contributed by atoms with E-state index in [0.29, 0.717) is 11.4 Å². The Morgan fingerprint density at radius 1 is 1.13 bits per heavy atom. The second-order valence-corrected chi connectivity index (χ2v) is 4.99. The molecule has 3 aromatic rings. The molecule has 1 aromatic carbocycles. The quantitative estimate of drug-likeness (QED) is 0.761. The number of benzene rings is 1. The highest BCUT2D eigenvalue weighted by molar-refractivity contribution is 5.92.